The zero-order chi connectivity index (χ0) is 14.1. The van der Waals surface area contributed by atoms with Gasteiger partial charge in [0.2, 0.25) is 5.96 Å². The Kier molecular flexibility index (Phi) is 7.82. The molecule has 1 atom stereocenters. The summed E-state index contributed by atoms with van der Waals surface area (Å²) in [6.45, 7) is 4.96. The largest absolute Gasteiger partial charge is 0.383 e. The molecule has 1 saturated carbocycles. The number of hydrogen-bond donors (Lipinski definition) is 3. The third-order valence-corrected chi connectivity index (χ3v) is 3.76. The maximum absolute atomic E-state index is 5.53. The summed E-state index contributed by atoms with van der Waals surface area (Å²) < 4.78 is 5.09. The second-order valence-corrected chi connectivity index (χ2v) is 5.59. The molecule has 1 aliphatic rings. The highest BCUT2D eigenvalue weighted by Gasteiger charge is 2.20. The van der Waals surface area contributed by atoms with Crippen molar-refractivity contribution in [3.8, 4) is 0 Å². The number of nitrogens with one attached hydrogen (secondary N) is 2. The summed E-state index contributed by atoms with van der Waals surface area (Å²) in [4.78, 5) is 4.68. The van der Waals surface area contributed by atoms with Crippen molar-refractivity contribution in [2.45, 2.75) is 64.5 Å². The summed E-state index contributed by atoms with van der Waals surface area (Å²) in [5.74, 6) is 7.12. The van der Waals surface area contributed by atoms with E-state index in [1.54, 1.807) is 7.11 Å². The van der Waals surface area contributed by atoms with Crippen molar-refractivity contribution in [2.75, 3.05) is 13.7 Å². The molecule has 0 bridgehead atoms. The van der Waals surface area contributed by atoms with Gasteiger partial charge in [-0.3, -0.25) is 5.43 Å². The molecule has 0 aromatic carbocycles. The molecule has 0 spiro atoms. The zero-order valence-corrected chi connectivity index (χ0v) is 12.6. The van der Waals surface area contributed by atoms with Gasteiger partial charge in [0.25, 0.3) is 0 Å². The fourth-order valence-corrected chi connectivity index (χ4v) is 2.79. The fourth-order valence-electron chi connectivity index (χ4n) is 2.79. The molecule has 5 heteroatoms. The van der Waals surface area contributed by atoms with Gasteiger partial charge in [0.15, 0.2) is 0 Å². The Morgan fingerprint density at radius 3 is 2.58 bits per heavy atom. The molecular formula is C14H30N4O. The summed E-state index contributed by atoms with van der Waals surface area (Å²) in [6.07, 6.45) is 7.61. The van der Waals surface area contributed by atoms with Gasteiger partial charge in [-0.25, -0.2) is 10.8 Å². The van der Waals surface area contributed by atoms with Gasteiger partial charge in [-0.05, 0) is 38.5 Å². The van der Waals surface area contributed by atoms with Crippen LogP contribution in [-0.4, -0.2) is 31.8 Å². The first-order valence-electron chi connectivity index (χ1n) is 7.49. The van der Waals surface area contributed by atoms with E-state index in [9.17, 15) is 0 Å². The molecule has 0 aromatic heterocycles. The number of nitrogens with two attached hydrogens (primary N) is 1. The predicted molar refractivity (Wildman–Crippen MR) is 79.9 cm³/mol. The molecular weight excluding hydrogens is 240 g/mol. The minimum Gasteiger partial charge on any atom is -0.383 e. The van der Waals surface area contributed by atoms with Gasteiger partial charge in [0, 0.05) is 13.2 Å². The molecule has 0 aliphatic heterocycles. The maximum Gasteiger partial charge on any atom is 0.206 e. The van der Waals surface area contributed by atoms with Crippen molar-refractivity contribution >= 4 is 5.96 Å². The third kappa shape index (κ3) is 6.25. The molecule has 1 unspecified atom stereocenters. The van der Waals surface area contributed by atoms with Gasteiger partial charge in [0.05, 0.1) is 12.6 Å². The van der Waals surface area contributed by atoms with E-state index in [1.165, 1.54) is 38.5 Å². The lowest BCUT2D eigenvalue weighted by molar-refractivity contribution is 0.179. The average Bonchev–Trinajstić information content (AvgIpc) is 2.40. The Labute approximate surface area is 117 Å². The zero-order valence-electron chi connectivity index (χ0n) is 12.6. The first-order valence-corrected chi connectivity index (χ1v) is 7.49. The van der Waals surface area contributed by atoms with Crippen LogP contribution in [0, 0.1) is 5.92 Å². The van der Waals surface area contributed by atoms with Crippen LogP contribution in [0.4, 0.5) is 0 Å². The number of ether oxygens (including phenoxy) is 1. The van der Waals surface area contributed by atoms with Crippen LogP contribution in [0.15, 0.2) is 4.99 Å². The van der Waals surface area contributed by atoms with Gasteiger partial charge in [-0.2, -0.15) is 0 Å². The standard InChI is InChI=1S/C14H30N4O/c1-4-5-12-6-8-13(9-7-12)17-14(18-15)16-11(2)10-19-3/h11-13H,4-10,15H2,1-3H3,(H2,16,17,18). The van der Waals surface area contributed by atoms with Crippen LogP contribution in [0.3, 0.4) is 0 Å². The fraction of sp³-hybridized carbons (Fsp3) is 0.929. The monoisotopic (exact) mass is 270 g/mol. The van der Waals surface area contributed by atoms with Crippen LogP contribution < -0.4 is 16.6 Å². The van der Waals surface area contributed by atoms with Gasteiger partial charge in [-0.15, -0.1) is 0 Å². The van der Waals surface area contributed by atoms with Crippen molar-refractivity contribution in [3.63, 3.8) is 0 Å². The molecule has 5 nitrogen and oxygen atoms in total. The summed E-state index contributed by atoms with van der Waals surface area (Å²) in [6, 6.07) is 0.609. The van der Waals surface area contributed by atoms with E-state index in [0.29, 0.717) is 18.6 Å². The Morgan fingerprint density at radius 2 is 2.05 bits per heavy atom. The van der Waals surface area contributed by atoms with Crippen LogP contribution in [0.2, 0.25) is 0 Å². The summed E-state index contributed by atoms with van der Waals surface area (Å²) >= 11 is 0. The highest BCUT2D eigenvalue weighted by atomic mass is 16.5. The third-order valence-electron chi connectivity index (χ3n) is 3.76. The Bertz CT molecular complexity index is 262. The smallest absolute Gasteiger partial charge is 0.206 e. The number of guanidine groups is 1. The van der Waals surface area contributed by atoms with Crippen LogP contribution in [-0.2, 0) is 4.74 Å². The van der Waals surface area contributed by atoms with E-state index in [-0.39, 0.29) is 6.04 Å². The maximum atomic E-state index is 5.53. The molecule has 112 valence electrons. The number of nitrogens with zero attached hydrogens (tertiary/aromatic N) is 1. The average molecular weight is 270 g/mol. The number of hydrogen-bond acceptors (Lipinski definition) is 3. The Balaban J connectivity index is 2.39. The van der Waals surface area contributed by atoms with Gasteiger partial charge < -0.3 is 10.1 Å². The number of hydrazine groups is 1. The molecule has 0 heterocycles. The number of rotatable bonds is 6. The van der Waals surface area contributed by atoms with Crippen molar-refractivity contribution < 1.29 is 4.74 Å². The van der Waals surface area contributed by atoms with Gasteiger partial charge in [-0.1, -0.05) is 19.8 Å². The van der Waals surface area contributed by atoms with E-state index in [1.807, 2.05) is 0 Å². The highest BCUT2D eigenvalue weighted by Crippen LogP contribution is 2.29. The second kappa shape index (κ2) is 9.15. The van der Waals surface area contributed by atoms with Crippen molar-refractivity contribution in [3.05, 3.63) is 0 Å². The first kappa shape index (κ1) is 16.2. The minimum atomic E-state index is 0.205. The molecule has 1 fully saturated rings. The van der Waals surface area contributed by atoms with E-state index in [4.69, 9.17) is 10.6 Å². The van der Waals surface area contributed by atoms with Crippen LogP contribution in [0.1, 0.15) is 52.4 Å². The topological polar surface area (TPSA) is 71.7 Å². The van der Waals surface area contributed by atoms with Gasteiger partial charge >= 0.3 is 0 Å². The molecule has 1 rings (SSSR count). The molecule has 4 N–H and O–H groups in total. The number of aliphatic imine (C=N–C) groups is 1. The molecule has 19 heavy (non-hydrogen) atoms. The summed E-state index contributed by atoms with van der Waals surface area (Å²) in [5, 5.41) is 3.24. The summed E-state index contributed by atoms with van der Waals surface area (Å²) in [5.41, 5.74) is 2.66. The Hall–Kier alpha value is -0.810. The highest BCUT2D eigenvalue weighted by molar-refractivity contribution is 5.79. The molecule has 0 aromatic rings. The van der Waals surface area contributed by atoms with Crippen LogP contribution >= 0.6 is 0 Å². The second-order valence-electron chi connectivity index (χ2n) is 5.59. The lowest BCUT2D eigenvalue weighted by Gasteiger charge is -2.27. The van der Waals surface area contributed by atoms with E-state index >= 15 is 0 Å². The molecule has 0 saturated heterocycles. The lowest BCUT2D eigenvalue weighted by Crippen LogP contribution is -2.47. The first-order chi connectivity index (χ1) is 9.19. The van der Waals surface area contributed by atoms with Crippen LogP contribution in [0.25, 0.3) is 0 Å². The quantitative estimate of drug-likeness (QED) is 0.298. The number of methoxy groups -OCH3 is 1. The predicted octanol–water partition coefficient (Wildman–Crippen LogP) is 1.79. The van der Waals surface area contributed by atoms with Gasteiger partial charge in [0.1, 0.15) is 0 Å². The molecule has 0 amide bonds. The van der Waals surface area contributed by atoms with Crippen molar-refractivity contribution in [1.29, 1.82) is 0 Å². The van der Waals surface area contributed by atoms with Crippen LogP contribution in [0.5, 0.6) is 0 Å². The normalized spacial score (nSPS) is 26.0. The van der Waals surface area contributed by atoms with Crippen molar-refractivity contribution in [1.82, 2.24) is 10.7 Å². The minimum absolute atomic E-state index is 0.205. The Morgan fingerprint density at radius 1 is 1.37 bits per heavy atom. The molecule has 1 aliphatic carbocycles. The van der Waals surface area contributed by atoms with Crippen molar-refractivity contribution in [2.24, 2.45) is 16.8 Å². The SMILES string of the molecule is CCCC1CCC(N=C(NN)NC(C)COC)CC1. The van der Waals surface area contributed by atoms with E-state index in [2.05, 4.69) is 29.6 Å². The van der Waals surface area contributed by atoms with E-state index in [0.717, 1.165) is 5.92 Å². The summed E-state index contributed by atoms with van der Waals surface area (Å²) in [7, 11) is 1.69. The lowest BCUT2D eigenvalue weighted by atomic mass is 9.84. The molecule has 0 radical (unpaired) electrons. The van der Waals surface area contributed by atoms with E-state index < -0.39 is 0 Å².